The van der Waals surface area contributed by atoms with Gasteiger partial charge in [0.2, 0.25) is 0 Å². The van der Waals surface area contributed by atoms with Gasteiger partial charge in [-0.25, -0.2) is 0 Å². The highest BCUT2D eigenvalue weighted by Crippen LogP contribution is 2.33. The zero-order valence-corrected chi connectivity index (χ0v) is 9.80. The maximum atomic E-state index is 6.14. The molecule has 2 rings (SSSR count). The van der Waals surface area contributed by atoms with E-state index < -0.39 is 0 Å². The quantitative estimate of drug-likeness (QED) is 0.800. The Morgan fingerprint density at radius 1 is 1.47 bits per heavy atom. The van der Waals surface area contributed by atoms with Gasteiger partial charge in [0.25, 0.3) is 0 Å². The van der Waals surface area contributed by atoms with Gasteiger partial charge in [-0.1, -0.05) is 24.9 Å². The minimum Gasteiger partial charge on any atom is -0.399 e. The lowest BCUT2D eigenvalue weighted by Gasteiger charge is -2.41. The van der Waals surface area contributed by atoms with E-state index in [4.69, 9.17) is 17.3 Å². The molecule has 3 heteroatoms. The van der Waals surface area contributed by atoms with Crippen LogP contribution in [0.2, 0.25) is 5.02 Å². The van der Waals surface area contributed by atoms with Crippen molar-refractivity contribution in [3.05, 3.63) is 23.2 Å². The van der Waals surface area contributed by atoms with Crippen LogP contribution in [-0.4, -0.2) is 13.1 Å². The maximum Gasteiger partial charge on any atom is 0.0660 e. The van der Waals surface area contributed by atoms with E-state index in [2.05, 4.69) is 11.8 Å². The molecule has 1 fully saturated rings. The first-order valence-electron chi connectivity index (χ1n) is 5.50. The van der Waals surface area contributed by atoms with Crippen molar-refractivity contribution in [1.82, 2.24) is 0 Å². The lowest BCUT2D eigenvalue weighted by Crippen LogP contribution is -2.46. The van der Waals surface area contributed by atoms with E-state index in [1.165, 1.54) is 12.8 Å². The summed E-state index contributed by atoms with van der Waals surface area (Å²) in [5.41, 5.74) is 7.51. The van der Waals surface area contributed by atoms with Crippen LogP contribution in [0.25, 0.3) is 0 Å². The monoisotopic (exact) mass is 224 g/mol. The molecule has 0 amide bonds. The van der Waals surface area contributed by atoms with Gasteiger partial charge in [-0.2, -0.15) is 0 Å². The van der Waals surface area contributed by atoms with E-state index in [-0.39, 0.29) is 0 Å². The highest BCUT2D eigenvalue weighted by Gasteiger charge is 2.26. The van der Waals surface area contributed by atoms with Crippen LogP contribution >= 0.6 is 11.6 Å². The maximum absolute atomic E-state index is 6.14. The molecule has 0 spiro atoms. The molecule has 1 aliphatic heterocycles. The molecule has 1 aromatic carbocycles. The third-order valence-electron chi connectivity index (χ3n) is 2.97. The summed E-state index contributed by atoms with van der Waals surface area (Å²) >= 11 is 6.14. The van der Waals surface area contributed by atoms with Crippen LogP contribution in [0, 0.1) is 5.92 Å². The molecule has 0 saturated carbocycles. The molecule has 1 aromatic rings. The summed E-state index contributed by atoms with van der Waals surface area (Å²) in [5, 5.41) is 0.768. The van der Waals surface area contributed by atoms with E-state index in [0.29, 0.717) is 0 Å². The van der Waals surface area contributed by atoms with Gasteiger partial charge in [0, 0.05) is 18.8 Å². The van der Waals surface area contributed by atoms with Gasteiger partial charge in [0.1, 0.15) is 0 Å². The van der Waals surface area contributed by atoms with Crippen molar-refractivity contribution in [2.24, 2.45) is 5.92 Å². The van der Waals surface area contributed by atoms with Gasteiger partial charge in [-0.3, -0.25) is 0 Å². The second-order valence-corrected chi connectivity index (χ2v) is 4.68. The Morgan fingerprint density at radius 2 is 2.20 bits per heavy atom. The zero-order chi connectivity index (χ0) is 10.8. The first kappa shape index (κ1) is 10.6. The van der Waals surface area contributed by atoms with Gasteiger partial charge in [0.15, 0.2) is 0 Å². The standard InChI is InChI=1S/C12H17ClN2/c1-2-3-9-7-15(8-9)12-5-4-10(14)6-11(12)13/h4-6,9H,2-3,7-8,14H2,1H3. The Balaban J connectivity index is 2.01. The second-order valence-electron chi connectivity index (χ2n) is 4.27. The number of hydrogen-bond donors (Lipinski definition) is 1. The summed E-state index contributed by atoms with van der Waals surface area (Å²) in [7, 11) is 0. The van der Waals surface area contributed by atoms with Gasteiger partial charge in [0.05, 0.1) is 10.7 Å². The van der Waals surface area contributed by atoms with Crippen molar-refractivity contribution >= 4 is 23.0 Å². The minimum absolute atomic E-state index is 0.731. The van der Waals surface area contributed by atoms with Gasteiger partial charge in [-0.05, 0) is 30.5 Å². The van der Waals surface area contributed by atoms with E-state index in [9.17, 15) is 0 Å². The van der Waals surface area contributed by atoms with Crippen LogP contribution < -0.4 is 10.6 Å². The lowest BCUT2D eigenvalue weighted by molar-refractivity contribution is 0.381. The largest absolute Gasteiger partial charge is 0.399 e. The molecule has 0 aliphatic carbocycles. The smallest absolute Gasteiger partial charge is 0.0660 e. The van der Waals surface area contributed by atoms with Crippen LogP contribution in [-0.2, 0) is 0 Å². The van der Waals surface area contributed by atoms with Crippen molar-refractivity contribution < 1.29 is 0 Å². The molecule has 15 heavy (non-hydrogen) atoms. The molecule has 2 nitrogen and oxygen atoms in total. The topological polar surface area (TPSA) is 29.3 Å². The van der Waals surface area contributed by atoms with Crippen molar-refractivity contribution in [3.63, 3.8) is 0 Å². The Kier molecular flexibility index (Phi) is 3.06. The molecule has 0 unspecified atom stereocenters. The molecule has 0 bridgehead atoms. The predicted molar refractivity (Wildman–Crippen MR) is 66.5 cm³/mol. The Hall–Kier alpha value is -0.890. The second kappa shape index (κ2) is 4.31. The number of nitrogens with zero attached hydrogens (tertiary/aromatic N) is 1. The van der Waals surface area contributed by atoms with Crippen LogP contribution in [0.1, 0.15) is 19.8 Å². The minimum atomic E-state index is 0.731. The van der Waals surface area contributed by atoms with E-state index in [1.54, 1.807) is 0 Å². The Bertz CT molecular complexity index is 345. The lowest BCUT2D eigenvalue weighted by atomic mass is 9.94. The Morgan fingerprint density at radius 3 is 2.80 bits per heavy atom. The average molecular weight is 225 g/mol. The SMILES string of the molecule is CCCC1CN(c2ccc(N)cc2Cl)C1. The summed E-state index contributed by atoms with van der Waals surface area (Å²) in [4.78, 5) is 2.32. The molecule has 1 saturated heterocycles. The molecule has 2 N–H and O–H groups in total. The molecule has 0 atom stereocenters. The van der Waals surface area contributed by atoms with Crippen LogP contribution in [0.3, 0.4) is 0 Å². The molecule has 82 valence electrons. The normalized spacial score (nSPS) is 16.5. The third-order valence-corrected chi connectivity index (χ3v) is 3.27. The number of benzene rings is 1. The van der Waals surface area contributed by atoms with Gasteiger partial charge in [-0.15, -0.1) is 0 Å². The number of nitrogen functional groups attached to an aromatic ring is 1. The van der Waals surface area contributed by atoms with E-state index >= 15 is 0 Å². The number of halogens is 1. The number of rotatable bonds is 3. The number of anilines is 2. The van der Waals surface area contributed by atoms with Crippen LogP contribution in [0.15, 0.2) is 18.2 Å². The van der Waals surface area contributed by atoms with Gasteiger partial charge < -0.3 is 10.6 Å². The first-order chi connectivity index (χ1) is 7.20. The zero-order valence-electron chi connectivity index (χ0n) is 9.04. The average Bonchev–Trinajstić information content (AvgIpc) is 2.12. The molecular formula is C12H17ClN2. The summed E-state index contributed by atoms with van der Waals surface area (Å²) in [6.07, 6.45) is 2.59. The third kappa shape index (κ3) is 2.20. The van der Waals surface area contributed by atoms with Crippen molar-refractivity contribution in [2.75, 3.05) is 23.7 Å². The van der Waals surface area contributed by atoms with Gasteiger partial charge >= 0.3 is 0 Å². The summed E-state index contributed by atoms with van der Waals surface area (Å²) < 4.78 is 0. The van der Waals surface area contributed by atoms with Crippen LogP contribution in [0.4, 0.5) is 11.4 Å². The predicted octanol–water partition coefficient (Wildman–Crippen LogP) is 3.16. The molecular weight excluding hydrogens is 208 g/mol. The number of hydrogen-bond acceptors (Lipinski definition) is 2. The summed E-state index contributed by atoms with van der Waals surface area (Å²) in [5.74, 6) is 0.851. The molecule has 0 radical (unpaired) electrons. The molecule has 1 heterocycles. The Labute approximate surface area is 96.0 Å². The fraction of sp³-hybridized carbons (Fsp3) is 0.500. The summed E-state index contributed by atoms with van der Waals surface area (Å²) in [6, 6.07) is 5.75. The van der Waals surface area contributed by atoms with Crippen molar-refractivity contribution in [3.8, 4) is 0 Å². The number of nitrogens with two attached hydrogens (primary N) is 1. The highest BCUT2D eigenvalue weighted by atomic mass is 35.5. The van der Waals surface area contributed by atoms with Crippen molar-refractivity contribution in [1.29, 1.82) is 0 Å². The molecule has 1 aliphatic rings. The summed E-state index contributed by atoms with van der Waals surface area (Å²) in [6.45, 7) is 4.51. The van der Waals surface area contributed by atoms with Crippen molar-refractivity contribution in [2.45, 2.75) is 19.8 Å². The van der Waals surface area contributed by atoms with Crippen LogP contribution in [0.5, 0.6) is 0 Å². The van der Waals surface area contributed by atoms with E-state index in [0.717, 1.165) is 35.4 Å². The fourth-order valence-electron chi connectivity index (χ4n) is 2.14. The highest BCUT2D eigenvalue weighted by molar-refractivity contribution is 6.33. The van der Waals surface area contributed by atoms with E-state index in [1.807, 2.05) is 18.2 Å². The molecule has 0 aromatic heterocycles. The fourth-order valence-corrected chi connectivity index (χ4v) is 2.45. The first-order valence-corrected chi connectivity index (χ1v) is 5.88.